The van der Waals surface area contributed by atoms with Crippen molar-refractivity contribution in [1.82, 2.24) is 0 Å². The first-order valence-corrected chi connectivity index (χ1v) is 6.71. The van der Waals surface area contributed by atoms with Crippen LogP contribution in [0.3, 0.4) is 0 Å². The van der Waals surface area contributed by atoms with Gasteiger partial charge in [0.15, 0.2) is 0 Å². The third kappa shape index (κ3) is 4.52. The standard InChI is InChI=1S/C12H14N2O3S/c1-2-3-4-8-12(15)14-10-6-5-7-11(9-10)18(13,16)17/h2-9H,1H3,(H,14,15)(H2,13,16,17). The number of allylic oxidation sites excluding steroid dienone is 3. The molecule has 0 saturated carbocycles. The van der Waals surface area contributed by atoms with Crippen molar-refractivity contribution < 1.29 is 13.2 Å². The molecule has 18 heavy (non-hydrogen) atoms. The van der Waals surface area contributed by atoms with Gasteiger partial charge in [0.1, 0.15) is 0 Å². The minimum atomic E-state index is -3.76. The Hall–Kier alpha value is -1.92. The van der Waals surface area contributed by atoms with Crippen LogP contribution in [0.1, 0.15) is 6.92 Å². The van der Waals surface area contributed by atoms with E-state index in [1.165, 1.54) is 24.3 Å². The molecule has 1 aromatic rings. The molecule has 0 radical (unpaired) electrons. The molecule has 5 nitrogen and oxygen atoms in total. The van der Waals surface area contributed by atoms with Crippen molar-refractivity contribution in [2.24, 2.45) is 5.14 Å². The number of hydrogen-bond donors (Lipinski definition) is 2. The summed E-state index contributed by atoms with van der Waals surface area (Å²) in [6.45, 7) is 1.83. The van der Waals surface area contributed by atoms with Gasteiger partial charge < -0.3 is 5.32 Å². The van der Waals surface area contributed by atoms with Crippen molar-refractivity contribution >= 4 is 21.6 Å². The Labute approximate surface area is 106 Å². The summed E-state index contributed by atoms with van der Waals surface area (Å²) in [5, 5.41) is 7.52. The molecule has 0 aliphatic heterocycles. The normalized spacial score (nSPS) is 12.1. The summed E-state index contributed by atoms with van der Waals surface area (Å²) in [5.74, 6) is -0.348. The van der Waals surface area contributed by atoms with Gasteiger partial charge in [-0.15, -0.1) is 0 Å². The molecule has 0 atom stereocenters. The van der Waals surface area contributed by atoms with Crippen LogP contribution in [0.25, 0.3) is 0 Å². The molecule has 0 aromatic heterocycles. The number of nitrogens with one attached hydrogen (secondary N) is 1. The molecule has 0 fully saturated rings. The number of carbonyl (C=O) groups is 1. The zero-order valence-electron chi connectivity index (χ0n) is 9.83. The van der Waals surface area contributed by atoms with Gasteiger partial charge in [-0.1, -0.05) is 24.3 Å². The summed E-state index contributed by atoms with van der Waals surface area (Å²) in [7, 11) is -3.76. The average molecular weight is 266 g/mol. The zero-order valence-corrected chi connectivity index (χ0v) is 10.6. The Morgan fingerprint density at radius 2 is 2.06 bits per heavy atom. The lowest BCUT2D eigenvalue weighted by molar-refractivity contribution is -0.111. The van der Waals surface area contributed by atoms with E-state index >= 15 is 0 Å². The minimum absolute atomic E-state index is 0.0438. The Balaban J connectivity index is 2.83. The topological polar surface area (TPSA) is 89.3 Å². The van der Waals surface area contributed by atoms with Crippen molar-refractivity contribution in [3.05, 3.63) is 48.6 Å². The highest BCUT2D eigenvalue weighted by molar-refractivity contribution is 7.89. The van der Waals surface area contributed by atoms with Crippen LogP contribution in [0.5, 0.6) is 0 Å². The van der Waals surface area contributed by atoms with Crippen molar-refractivity contribution in [1.29, 1.82) is 0 Å². The Bertz CT molecular complexity index is 589. The smallest absolute Gasteiger partial charge is 0.248 e. The van der Waals surface area contributed by atoms with Gasteiger partial charge >= 0.3 is 0 Å². The number of anilines is 1. The number of amides is 1. The molecule has 0 saturated heterocycles. The highest BCUT2D eigenvalue weighted by Crippen LogP contribution is 2.13. The van der Waals surface area contributed by atoms with Crippen LogP contribution in [0, 0.1) is 0 Å². The predicted molar refractivity (Wildman–Crippen MR) is 70.4 cm³/mol. The first-order valence-electron chi connectivity index (χ1n) is 5.16. The molecular weight excluding hydrogens is 252 g/mol. The second-order valence-electron chi connectivity index (χ2n) is 3.45. The molecule has 0 heterocycles. The fourth-order valence-electron chi connectivity index (χ4n) is 1.19. The molecule has 6 heteroatoms. The molecule has 0 spiro atoms. The van der Waals surface area contributed by atoms with E-state index in [1.54, 1.807) is 24.3 Å². The van der Waals surface area contributed by atoms with Crippen LogP contribution in [0.2, 0.25) is 0 Å². The minimum Gasteiger partial charge on any atom is -0.322 e. The van der Waals surface area contributed by atoms with Crippen molar-refractivity contribution in [3.8, 4) is 0 Å². The lowest BCUT2D eigenvalue weighted by atomic mass is 10.3. The largest absolute Gasteiger partial charge is 0.322 e. The molecule has 1 amide bonds. The first kappa shape index (κ1) is 14.1. The lowest BCUT2D eigenvalue weighted by Crippen LogP contribution is -2.13. The Morgan fingerprint density at radius 3 is 2.67 bits per heavy atom. The predicted octanol–water partition coefficient (Wildman–Crippen LogP) is 1.40. The van der Waals surface area contributed by atoms with E-state index < -0.39 is 10.0 Å². The second-order valence-corrected chi connectivity index (χ2v) is 5.01. The van der Waals surface area contributed by atoms with Crippen LogP contribution in [-0.4, -0.2) is 14.3 Å². The molecule has 96 valence electrons. The highest BCUT2D eigenvalue weighted by Gasteiger charge is 2.08. The van der Waals surface area contributed by atoms with Crippen LogP contribution in [0.15, 0.2) is 53.5 Å². The fourth-order valence-corrected chi connectivity index (χ4v) is 1.75. The average Bonchev–Trinajstić information content (AvgIpc) is 2.28. The Morgan fingerprint density at radius 1 is 1.33 bits per heavy atom. The van der Waals surface area contributed by atoms with E-state index in [0.717, 1.165) is 0 Å². The molecule has 0 aliphatic carbocycles. The monoisotopic (exact) mass is 266 g/mol. The van der Waals surface area contributed by atoms with Gasteiger partial charge in [-0.05, 0) is 25.1 Å². The van der Waals surface area contributed by atoms with Gasteiger partial charge in [-0.3, -0.25) is 4.79 Å². The van der Waals surface area contributed by atoms with E-state index in [9.17, 15) is 13.2 Å². The summed E-state index contributed by atoms with van der Waals surface area (Å²) in [6.07, 6.45) is 6.41. The number of carbonyl (C=O) groups excluding carboxylic acids is 1. The number of sulfonamides is 1. The van der Waals surface area contributed by atoms with E-state index in [0.29, 0.717) is 5.69 Å². The van der Waals surface area contributed by atoms with Crippen LogP contribution >= 0.6 is 0 Å². The maximum atomic E-state index is 11.4. The summed E-state index contributed by atoms with van der Waals surface area (Å²) >= 11 is 0. The molecule has 0 bridgehead atoms. The Kier molecular flexibility index (Phi) is 4.82. The fraction of sp³-hybridized carbons (Fsp3) is 0.0833. The van der Waals surface area contributed by atoms with Gasteiger partial charge in [-0.2, -0.15) is 0 Å². The van der Waals surface area contributed by atoms with Gasteiger partial charge in [0.05, 0.1) is 4.90 Å². The summed E-state index contributed by atoms with van der Waals surface area (Å²) in [4.78, 5) is 11.4. The highest BCUT2D eigenvalue weighted by atomic mass is 32.2. The molecule has 1 aromatic carbocycles. The quantitative estimate of drug-likeness (QED) is 0.637. The third-order valence-corrected chi connectivity index (χ3v) is 2.89. The SMILES string of the molecule is CC=CC=CC(=O)Nc1cccc(S(N)(=O)=O)c1. The molecular formula is C12H14N2O3S. The summed E-state index contributed by atoms with van der Waals surface area (Å²) in [6, 6.07) is 5.75. The van der Waals surface area contributed by atoms with Gasteiger partial charge in [0, 0.05) is 11.8 Å². The number of benzene rings is 1. The van der Waals surface area contributed by atoms with Gasteiger partial charge in [-0.25, -0.2) is 13.6 Å². The maximum Gasteiger partial charge on any atom is 0.248 e. The number of primary sulfonamides is 1. The van der Waals surface area contributed by atoms with Crippen LogP contribution in [0.4, 0.5) is 5.69 Å². The van der Waals surface area contributed by atoms with E-state index in [-0.39, 0.29) is 10.8 Å². The number of rotatable bonds is 4. The van der Waals surface area contributed by atoms with Crippen LogP contribution < -0.4 is 10.5 Å². The van der Waals surface area contributed by atoms with Crippen LogP contribution in [-0.2, 0) is 14.8 Å². The maximum absolute atomic E-state index is 11.4. The zero-order chi connectivity index (χ0) is 13.6. The first-order chi connectivity index (χ1) is 8.43. The van der Waals surface area contributed by atoms with Crippen molar-refractivity contribution in [2.45, 2.75) is 11.8 Å². The molecule has 1 rings (SSSR count). The summed E-state index contributed by atoms with van der Waals surface area (Å²) in [5.41, 5.74) is 0.372. The van der Waals surface area contributed by atoms with E-state index in [2.05, 4.69) is 5.32 Å². The number of hydrogen-bond acceptors (Lipinski definition) is 3. The van der Waals surface area contributed by atoms with Gasteiger partial charge in [0.2, 0.25) is 15.9 Å². The van der Waals surface area contributed by atoms with Crippen molar-refractivity contribution in [3.63, 3.8) is 0 Å². The summed E-state index contributed by atoms with van der Waals surface area (Å²) < 4.78 is 22.2. The lowest BCUT2D eigenvalue weighted by Gasteiger charge is -2.04. The second kappa shape index (κ2) is 6.13. The van der Waals surface area contributed by atoms with E-state index in [1.807, 2.05) is 6.92 Å². The van der Waals surface area contributed by atoms with E-state index in [4.69, 9.17) is 5.14 Å². The van der Waals surface area contributed by atoms with Gasteiger partial charge in [0.25, 0.3) is 0 Å². The molecule has 3 N–H and O–H groups in total. The molecule has 0 aliphatic rings. The number of nitrogens with two attached hydrogens (primary N) is 1. The molecule has 0 unspecified atom stereocenters. The third-order valence-electron chi connectivity index (χ3n) is 1.98. The van der Waals surface area contributed by atoms with Crippen molar-refractivity contribution in [2.75, 3.05) is 5.32 Å².